The molecule has 4 heteroatoms. The van der Waals surface area contributed by atoms with Crippen LogP contribution in [0.5, 0.6) is 0 Å². The first-order chi connectivity index (χ1) is 8.61. The van der Waals surface area contributed by atoms with Gasteiger partial charge < -0.3 is 10.4 Å². The van der Waals surface area contributed by atoms with Crippen LogP contribution >= 0.6 is 0 Å². The van der Waals surface area contributed by atoms with Crippen molar-refractivity contribution in [1.82, 2.24) is 5.32 Å². The van der Waals surface area contributed by atoms with Crippen molar-refractivity contribution in [3.63, 3.8) is 0 Å². The number of carbonyl (C=O) groups excluding carboxylic acids is 1. The quantitative estimate of drug-likeness (QED) is 0.789. The van der Waals surface area contributed by atoms with Crippen LogP contribution in [-0.2, 0) is 9.59 Å². The van der Waals surface area contributed by atoms with E-state index in [1.807, 2.05) is 0 Å². The summed E-state index contributed by atoms with van der Waals surface area (Å²) in [5.74, 6) is -0.740. The summed E-state index contributed by atoms with van der Waals surface area (Å²) in [5.41, 5.74) is 0. The average Bonchev–Trinajstić information content (AvgIpc) is 3.12. The van der Waals surface area contributed by atoms with Gasteiger partial charge in [0.15, 0.2) is 0 Å². The fourth-order valence-electron chi connectivity index (χ4n) is 3.07. The lowest BCUT2D eigenvalue weighted by Crippen LogP contribution is -2.39. The van der Waals surface area contributed by atoms with Crippen molar-refractivity contribution in [2.24, 2.45) is 17.8 Å². The van der Waals surface area contributed by atoms with Crippen LogP contribution in [0.1, 0.15) is 51.9 Å². The summed E-state index contributed by atoms with van der Waals surface area (Å²) in [5, 5.41) is 11.8. The standard InChI is InChI=1S/C14H23NO3/c1-2-3-9-4-6-10(7-5-9)15-13(16)11-8-12(11)14(17)18/h9-12H,2-8H2,1H3,(H,15,16)(H,17,18). The molecule has 0 aromatic carbocycles. The van der Waals surface area contributed by atoms with Crippen molar-refractivity contribution in [3.8, 4) is 0 Å². The lowest BCUT2D eigenvalue weighted by Gasteiger charge is -2.29. The van der Waals surface area contributed by atoms with Crippen molar-refractivity contribution in [3.05, 3.63) is 0 Å². The molecule has 0 radical (unpaired) electrons. The number of aliphatic carboxylic acids is 1. The molecule has 102 valence electrons. The van der Waals surface area contributed by atoms with Crippen LogP contribution in [0.15, 0.2) is 0 Å². The second kappa shape index (κ2) is 5.72. The number of amides is 1. The number of carboxylic acids is 1. The third kappa shape index (κ3) is 3.24. The van der Waals surface area contributed by atoms with Gasteiger partial charge in [-0.25, -0.2) is 0 Å². The maximum atomic E-state index is 11.8. The molecule has 0 aliphatic heterocycles. The van der Waals surface area contributed by atoms with E-state index in [1.54, 1.807) is 0 Å². The fourth-order valence-corrected chi connectivity index (χ4v) is 3.07. The molecule has 0 saturated heterocycles. The van der Waals surface area contributed by atoms with Crippen molar-refractivity contribution in [2.45, 2.75) is 57.9 Å². The van der Waals surface area contributed by atoms with Gasteiger partial charge in [-0.3, -0.25) is 9.59 Å². The molecule has 0 aromatic heterocycles. The van der Waals surface area contributed by atoms with E-state index in [4.69, 9.17) is 5.11 Å². The molecular weight excluding hydrogens is 230 g/mol. The summed E-state index contributed by atoms with van der Waals surface area (Å²) in [6.45, 7) is 2.22. The van der Waals surface area contributed by atoms with Gasteiger partial charge in [0.25, 0.3) is 0 Å². The summed E-state index contributed by atoms with van der Waals surface area (Å²) in [7, 11) is 0. The Hall–Kier alpha value is -1.06. The van der Waals surface area contributed by atoms with Gasteiger partial charge in [0.2, 0.25) is 5.91 Å². The Bertz CT molecular complexity index is 321. The van der Waals surface area contributed by atoms with Crippen molar-refractivity contribution in [2.75, 3.05) is 0 Å². The summed E-state index contributed by atoms with van der Waals surface area (Å²) in [6.07, 6.45) is 7.57. The lowest BCUT2D eigenvalue weighted by molar-refractivity contribution is -0.140. The smallest absolute Gasteiger partial charge is 0.307 e. The maximum Gasteiger partial charge on any atom is 0.307 e. The summed E-state index contributed by atoms with van der Waals surface area (Å²) < 4.78 is 0. The highest BCUT2D eigenvalue weighted by Gasteiger charge is 2.48. The van der Waals surface area contributed by atoms with Gasteiger partial charge in [-0.15, -0.1) is 0 Å². The molecule has 2 unspecified atom stereocenters. The van der Waals surface area contributed by atoms with Gasteiger partial charge in [-0.2, -0.15) is 0 Å². The predicted molar refractivity (Wildman–Crippen MR) is 68.0 cm³/mol. The van der Waals surface area contributed by atoms with Crippen LogP contribution in [0.2, 0.25) is 0 Å². The molecule has 2 atom stereocenters. The summed E-state index contributed by atoms with van der Waals surface area (Å²) in [6, 6.07) is 0.278. The minimum Gasteiger partial charge on any atom is -0.481 e. The molecule has 1 amide bonds. The van der Waals surface area contributed by atoms with Gasteiger partial charge in [0, 0.05) is 6.04 Å². The molecule has 2 fully saturated rings. The number of hydrogen-bond acceptors (Lipinski definition) is 2. The largest absolute Gasteiger partial charge is 0.481 e. The zero-order valence-corrected chi connectivity index (χ0v) is 11.0. The van der Waals surface area contributed by atoms with Crippen LogP contribution < -0.4 is 5.32 Å². The molecule has 2 N–H and O–H groups in total. The van der Waals surface area contributed by atoms with E-state index in [0.29, 0.717) is 6.42 Å². The second-order valence-electron chi connectivity index (χ2n) is 5.80. The van der Waals surface area contributed by atoms with Gasteiger partial charge in [0.05, 0.1) is 11.8 Å². The molecule has 0 bridgehead atoms. The maximum absolute atomic E-state index is 11.8. The molecular formula is C14H23NO3. The molecule has 0 heterocycles. The second-order valence-corrected chi connectivity index (χ2v) is 5.80. The Kier molecular flexibility index (Phi) is 4.25. The van der Waals surface area contributed by atoms with Crippen LogP contribution in [0.3, 0.4) is 0 Å². The van der Waals surface area contributed by atoms with E-state index in [2.05, 4.69) is 12.2 Å². The number of hydrogen-bond donors (Lipinski definition) is 2. The lowest BCUT2D eigenvalue weighted by atomic mass is 9.83. The highest BCUT2D eigenvalue weighted by molar-refractivity contribution is 5.89. The van der Waals surface area contributed by atoms with Crippen LogP contribution in [-0.4, -0.2) is 23.0 Å². The Balaban J connectivity index is 1.69. The molecule has 2 aliphatic carbocycles. The summed E-state index contributed by atoms with van der Waals surface area (Å²) >= 11 is 0. The summed E-state index contributed by atoms with van der Waals surface area (Å²) in [4.78, 5) is 22.5. The number of carbonyl (C=O) groups is 2. The predicted octanol–water partition coefficient (Wildman–Crippen LogP) is 2.18. The van der Waals surface area contributed by atoms with Gasteiger partial charge >= 0.3 is 5.97 Å². The Morgan fingerprint density at radius 1 is 1.17 bits per heavy atom. The fraction of sp³-hybridized carbons (Fsp3) is 0.857. The minimum absolute atomic E-state index is 0.0404. The molecule has 2 saturated carbocycles. The van der Waals surface area contributed by atoms with Crippen LogP contribution in [0, 0.1) is 17.8 Å². The topological polar surface area (TPSA) is 66.4 Å². The third-order valence-corrected chi connectivity index (χ3v) is 4.33. The Morgan fingerprint density at radius 2 is 1.83 bits per heavy atom. The van der Waals surface area contributed by atoms with Gasteiger partial charge in [-0.05, 0) is 38.0 Å². The van der Waals surface area contributed by atoms with Gasteiger partial charge in [-0.1, -0.05) is 19.8 Å². The van der Waals surface area contributed by atoms with E-state index in [0.717, 1.165) is 18.8 Å². The van der Waals surface area contributed by atoms with E-state index in [-0.39, 0.29) is 17.9 Å². The van der Waals surface area contributed by atoms with E-state index in [9.17, 15) is 9.59 Å². The zero-order chi connectivity index (χ0) is 13.1. The number of nitrogens with one attached hydrogen (secondary N) is 1. The third-order valence-electron chi connectivity index (χ3n) is 4.33. The number of rotatable bonds is 5. The number of carboxylic acid groups (broad SMARTS) is 1. The Labute approximate surface area is 108 Å². The van der Waals surface area contributed by atoms with Gasteiger partial charge in [0.1, 0.15) is 0 Å². The highest BCUT2D eigenvalue weighted by Crippen LogP contribution is 2.39. The monoisotopic (exact) mass is 253 g/mol. The molecule has 18 heavy (non-hydrogen) atoms. The van der Waals surface area contributed by atoms with Crippen molar-refractivity contribution < 1.29 is 14.7 Å². The van der Waals surface area contributed by atoms with Crippen LogP contribution in [0.25, 0.3) is 0 Å². The molecule has 0 aromatic rings. The SMILES string of the molecule is CCCC1CCC(NC(=O)C2CC2C(=O)O)CC1. The first kappa shape index (κ1) is 13.4. The molecule has 2 aliphatic rings. The van der Waals surface area contributed by atoms with Crippen molar-refractivity contribution >= 4 is 11.9 Å². The van der Waals surface area contributed by atoms with E-state index < -0.39 is 11.9 Å². The molecule has 0 spiro atoms. The van der Waals surface area contributed by atoms with E-state index in [1.165, 1.54) is 25.7 Å². The molecule has 2 rings (SSSR count). The zero-order valence-electron chi connectivity index (χ0n) is 11.0. The average molecular weight is 253 g/mol. The first-order valence-electron chi connectivity index (χ1n) is 7.15. The first-order valence-corrected chi connectivity index (χ1v) is 7.15. The minimum atomic E-state index is -0.832. The highest BCUT2D eigenvalue weighted by atomic mass is 16.4. The molecule has 4 nitrogen and oxygen atoms in total. The van der Waals surface area contributed by atoms with Crippen LogP contribution in [0.4, 0.5) is 0 Å². The Morgan fingerprint density at radius 3 is 2.33 bits per heavy atom. The van der Waals surface area contributed by atoms with E-state index >= 15 is 0 Å². The van der Waals surface area contributed by atoms with Crippen molar-refractivity contribution in [1.29, 1.82) is 0 Å². The normalized spacial score (nSPS) is 34.9.